The minimum Gasteiger partial charge on any atom is -0.342 e. The van der Waals surface area contributed by atoms with Gasteiger partial charge in [-0.25, -0.2) is 0 Å². The van der Waals surface area contributed by atoms with Gasteiger partial charge in [0.25, 0.3) is 0 Å². The molecule has 2 rings (SSSR count). The van der Waals surface area contributed by atoms with E-state index >= 15 is 0 Å². The first-order valence-electron chi connectivity index (χ1n) is 5.12. The highest BCUT2D eigenvalue weighted by atomic mass is 16.1. The van der Waals surface area contributed by atoms with E-state index in [0.717, 1.165) is 19.4 Å². The fraction of sp³-hybridized carbons (Fsp3) is 0.417. The molecule has 0 aliphatic heterocycles. The molecule has 2 unspecified atom stereocenters. The number of likely N-dealkylation sites (N-methyl/N-ethyl adjacent to an activating group) is 1. The predicted molar refractivity (Wildman–Crippen MR) is 56.0 cm³/mol. The van der Waals surface area contributed by atoms with Crippen molar-refractivity contribution in [1.82, 2.24) is 4.90 Å². The summed E-state index contributed by atoms with van der Waals surface area (Å²) >= 11 is 0. The molecule has 0 saturated heterocycles. The topological polar surface area (TPSA) is 20.3 Å². The maximum absolute atomic E-state index is 10.7. The van der Waals surface area contributed by atoms with Gasteiger partial charge in [0.1, 0.15) is 0 Å². The van der Waals surface area contributed by atoms with Crippen molar-refractivity contribution >= 4 is 6.41 Å². The summed E-state index contributed by atoms with van der Waals surface area (Å²) in [6.07, 6.45) is 2.09. The highest BCUT2D eigenvalue weighted by Gasteiger charge is 2.41. The van der Waals surface area contributed by atoms with Crippen molar-refractivity contribution in [2.24, 2.45) is 0 Å². The summed E-state index contributed by atoms with van der Waals surface area (Å²) in [5.74, 6) is 0.571. The summed E-state index contributed by atoms with van der Waals surface area (Å²) in [6, 6.07) is 10.9. The van der Waals surface area contributed by atoms with Crippen LogP contribution in [0, 0.1) is 0 Å². The van der Waals surface area contributed by atoms with Crippen molar-refractivity contribution in [2.75, 3.05) is 6.54 Å². The second-order valence-corrected chi connectivity index (χ2v) is 3.76. The van der Waals surface area contributed by atoms with E-state index in [2.05, 4.69) is 24.3 Å². The number of hydrogen-bond acceptors (Lipinski definition) is 1. The third kappa shape index (κ3) is 1.65. The Morgan fingerprint density at radius 3 is 2.71 bits per heavy atom. The number of rotatable bonds is 4. The number of nitrogens with zero attached hydrogens (tertiary/aromatic N) is 1. The zero-order chi connectivity index (χ0) is 9.97. The van der Waals surface area contributed by atoms with Crippen LogP contribution in [-0.4, -0.2) is 23.9 Å². The van der Waals surface area contributed by atoms with Crippen LogP contribution < -0.4 is 0 Å². The molecule has 2 atom stereocenters. The van der Waals surface area contributed by atoms with Crippen LogP contribution in [0.2, 0.25) is 0 Å². The Labute approximate surface area is 84.5 Å². The molecule has 1 aliphatic rings. The van der Waals surface area contributed by atoms with Gasteiger partial charge in [-0.3, -0.25) is 4.79 Å². The van der Waals surface area contributed by atoms with E-state index in [9.17, 15) is 4.79 Å². The van der Waals surface area contributed by atoms with Crippen molar-refractivity contribution in [3.05, 3.63) is 35.9 Å². The van der Waals surface area contributed by atoms with E-state index in [-0.39, 0.29) is 0 Å². The van der Waals surface area contributed by atoms with E-state index < -0.39 is 0 Å². The van der Waals surface area contributed by atoms with Gasteiger partial charge in [-0.1, -0.05) is 30.3 Å². The zero-order valence-corrected chi connectivity index (χ0v) is 8.39. The van der Waals surface area contributed by atoms with Crippen LogP contribution >= 0.6 is 0 Å². The summed E-state index contributed by atoms with van der Waals surface area (Å²) in [7, 11) is 0. The molecule has 74 valence electrons. The first-order valence-corrected chi connectivity index (χ1v) is 5.12. The van der Waals surface area contributed by atoms with Crippen LogP contribution in [0.5, 0.6) is 0 Å². The van der Waals surface area contributed by atoms with Gasteiger partial charge < -0.3 is 4.90 Å². The molecular formula is C12H15NO. The fourth-order valence-corrected chi connectivity index (χ4v) is 1.99. The molecule has 0 radical (unpaired) electrons. The summed E-state index contributed by atoms with van der Waals surface area (Å²) in [5.41, 5.74) is 1.36. The summed E-state index contributed by atoms with van der Waals surface area (Å²) in [6.45, 7) is 2.84. The van der Waals surface area contributed by atoms with Crippen LogP contribution in [-0.2, 0) is 4.79 Å². The Bertz CT molecular complexity index is 309. The molecule has 1 fully saturated rings. The van der Waals surface area contributed by atoms with Crippen molar-refractivity contribution in [3.8, 4) is 0 Å². The van der Waals surface area contributed by atoms with Crippen LogP contribution in [0.3, 0.4) is 0 Å². The van der Waals surface area contributed by atoms with Gasteiger partial charge in [0.15, 0.2) is 0 Å². The molecule has 0 aromatic heterocycles. The predicted octanol–water partition coefficient (Wildman–Crippen LogP) is 2.02. The van der Waals surface area contributed by atoms with Gasteiger partial charge in [-0.05, 0) is 18.9 Å². The Morgan fingerprint density at radius 1 is 1.43 bits per heavy atom. The van der Waals surface area contributed by atoms with Gasteiger partial charge in [-0.2, -0.15) is 0 Å². The Kier molecular flexibility index (Phi) is 2.53. The fourth-order valence-electron chi connectivity index (χ4n) is 1.99. The molecular weight excluding hydrogens is 174 g/mol. The minimum absolute atomic E-state index is 0.444. The Balaban J connectivity index is 2.02. The first kappa shape index (κ1) is 9.25. The average Bonchev–Trinajstić information content (AvgIpc) is 3.01. The Hall–Kier alpha value is -1.31. The lowest BCUT2D eigenvalue weighted by Crippen LogP contribution is -2.24. The lowest BCUT2D eigenvalue weighted by Gasteiger charge is -2.14. The lowest BCUT2D eigenvalue weighted by atomic mass is 10.1. The molecule has 2 nitrogen and oxygen atoms in total. The molecule has 1 aromatic rings. The number of benzene rings is 1. The molecule has 2 heteroatoms. The van der Waals surface area contributed by atoms with Crippen molar-refractivity contribution in [1.29, 1.82) is 0 Å². The average molecular weight is 189 g/mol. The van der Waals surface area contributed by atoms with Crippen LogP contribution in [0.25, 0.3) is 0 Å². The summed E-state index contributed by atoms with van der Waals surface area (Å²) < 4.78 is 0. The van der Waals surface area contributed by atoms with E-state index in [4.69, 9.17) is 0 Å². The monoisotopic (exact) mass is 189 g/mol. The Morgan fingerprint density at radius 2 is 2.14 bits per heavy atom. The second-order valence-electron chi connectivity index (χ2n) is 3.76. The van der Waals surface area contributed by atoms with E-state index in [1.165, 1.54) is 5.56 Å². The molecule has 1 amide bonds. The number of carbonyl (C=O) groups is 1. The molecule has 0 spiro atoms. The molecule has 0 N–H and O–H groups in total. The van der Waals surface area contributed by atoms with Crippen molar-refractivity contribution < 1.29 is 4.79 Å². The van der Waals surface area contributed by atoms with Crippen molar-refractivity contribution in [2.45, 2.75) is 25.3 Å². The van der Waals surface area contributed by atoms with Crippen LogP contribution in [0.1, 0.15) is 24.8 Å². The van der Waals surface area contributed by atoms with Crippen LogP contribution in [0.4, 0.5) is 0 Å². The molecule has 1 aromatic carbocycles. The molecule has 0 heterocycles. The molecule has 0 bridgehead atoms. The van der Waals surface area contributed by atoms with Crippen LogP contribution in [0.15, 0.2) is 30.3 Å². The summed E-state index contributed by atoms with van der Waals surface area (Å²) in [4.78, 5) is 12.6. The summed E-state index contributed by atoms with van der Waals surface area (Å²) in [5, 5.41) is 0. The third-order valence-corrected chi connectivity index (χ3v) is 2.91. The van der Waals surface area contributed by atoms with Gasteiger partial charge in [0.2, 0.25) is 6.41 Å². The number of amides is 1. The van der Waals surface area contributed by atoms with E-state index in [1.54, 1.807) is 0 Å². The maximum atomic E-state index is 10.7. The second kappa shape index (κ2) is 3.82. The third-order valence-electron chi connectivity index (χ3n) is 2.91. The lowest BCUT2D eigenvalue weighted by molar-refractivity contribution is -0.118. The smallest absolute Gasteiger partial charge is 0.209 e. The number of carbonyl (C=O) groups excluding carboxylic acids is 1. The normalized spacial score (nSPS) is 24.4. The minimum atomic E-state index is 0.444. The maximum Gasteiger partial charge on any atom is 0.209 e. The van der Waals surface area contributed by atoms with Gasteiger partial charge >= 0.3 is 0 Å². The molecule has 1 aliphatic carbocycles. The van der Waals surface area contributed by atoms with Gasteiger partial charge in [0, 0.05) is 18.5 Å². The number of hydrogen-bond donors (Lipinski definition) is 0. The largest absolute Gasteiger partial charge is 0.342 e. The van der Waals surface area contributed by atoms with E-state index in [0.29, 0.717) is 12.0 Å². The van der Waals surface area contributed by atoms with Gasteiger partial charge in [0.05, 0.1) is 0 Å². The standard InChI is InChI=1S/C12H15NO/c1-2-13(9-14)12-8-11(12)10-6-4-3-5-7-10/h3-7,9,11-12H,2,8H2,1H3. The van der Waals surface area contributed by atoms with E-state index in [1.807, 2.05) is 17.9 Å². The highest BCUT2D eigenvalue weighted by Crippen LogP contribution is 2.43. The highest BCUT2D eigenvalue weighted by molar-refractivity contribution is 5.50. The van der Waals surface area contributed by atoms with Gasteiger partial charge in [-0.15, -0.1) is 0 Å². The van der Waals surface area contributed by atoms with Crippen molar-refractivity contribution in [3.63, 3.8) is 0 Å². The first-order chi connectivity index (χ1) is 6.86. The SMILES string of the molecule is CCN(C=O)C1CC1c1ccccc1. The molecule has 14 heavy (non-hydrogen) atoms. The molecule has 1 saturated carbocycles. The zero-order valence-electron chi connectivity index (χ0n) is 8.39. The quantitative estimate of drug-likeness (QED) is 0.663.